The SMILES string of the molecule is O=[N+]([O-])c1cccc(CCB2Oc3ccccc3O2)c1. The maximum absolute atomic E-state index is 10.7. The van der Waals surface area contributed by atoms with E-state index in [-0.39, 0.29) is 17.7 Å². The van der Waals surface area contributed by atoms with E-state index in [0.717, 1.165) is 17.1 Å². The van der Waals surface area contributed by atoms with Crippen LogP contribution in [0.1, 0.15) is 5.56 Å². The zero-order chi connectivity index (χ0) is 13.9. The Bertz CT molecular complexity index is 622. The molecule has 5 nitrogen and oxygen atoms in total. The molecule has 3 rings (SSSR count). The molecule has 1 aliphatic rings. The standard InChI is InChI=1S/C14H12BNO4/c17-16(18)12-5-3-4-11(10-12)8-9-15-19-13-6-1-2-7-14(13)20-15/h1-7,10H,8-9H2. The van der Waals surface area contributed by atoms with Crippen LogP contribution in [0.15, 0.2) is 48.5 Å². The van der Waals surface area contributed by atoms with Gasteiger partial charge >= 0.3 is 7.12 Å². The van der Waals surface area contributed by atoms with Gasteiger partial charge in [0.15, 0.2) is 0 Å². The van der Waals surface area contributed by atoms with E-state index in [1.54, 1.807) is 12.1 Å². The molecule has 0 aromatic heterocycles. The maximum atomic E-state index is 10.7. The molecule has 2 aromatic rings. The molecule has 0 atom stereocenters. The Hall–Kier alpha value is -2.50. The number of non-ortho nitro benzene ring substituents is 1. The van der Waals surface area contributed by atoms with Crippen molar-refractivity contribution < 1.29 is 14.2 Å². The summed E-state index contributed by atoms with van der Waals surface area (Å²) in [4.78, 5) is 10.3. The number of rotatable bonds is 4. The largest absolute Gasteiger partial charge is 0.595 e. The fourth-order valence-corrected chi connectivity index (χ4v) is 2.18. The van der Waals surface area contributed by atoms with E-state index in [9.17, 15) is 10.1 Å². The van der Waals surface area contributed by atoms with Crippen LogP contribution in [-0.2, 0) is 6.42 Å². The Morgan fingerprint density at radius 3 is 2.40 bits per heavy atom. The second kappa shape index (κ2) is 5.24. The van der Waals surface area contributed by atoms with Crippen LogP contribution in [0.25, 0.3) is 0 Å². The van der Waals surface area contributed by atoms with Gasteiger partial charge in [-0.3, -0.25) is 10.1 Å². The lowest BCUT2D eigenvalue weighted by atomic mass is 9.81. The summed E-state index contributed by atoms with van der Waals surface area (Å²) < 4.78 is 11.3. The highest BCUT2D eigenvalue weighted by Crippen LogP contribution is 2.33. The number of nitro benzene ring substituents is 1. The summed E-state index contributed by atoms with van der Waals surface area (Å²) in [6.07, 6.45) is 1.32. The van der Waals surface area contributed by atoms with E-state index in [1.807, 2.05) is 30.3 Å². The Kier molecular flexibility index (Phi) is 3.29. The number of nitrogens with zero attached hydrogens (tertiary/aromatic N) is 1. The summed E-state index contributed by atoms with van der Waals surface area (Å²) in [5.74, 6) is 1.49. The van der Waals surface area contributed by atoms with Gasteiger partial charge in [-0.1, -0.05) is 24.3 Å². The van der Waals surface area contributed by atoms with Crippen LogP contribution in [-0.4, -0.2) is 12.0 Å². The predicted octanol–water partition coefficient (Wildman–Crippen LogP) is 3.10. The Labute approximate surface area is 116 Å². The third kappa shape index (κ3) is 2.59. The topological polar surface area (TPSA) is 61.6 Å². The minimum atomic E-state index is -0.387. The normalized spacial score (nSPS) is 12.5. The zero-order valence-electron chi connectivity index (χ0n) is 10.7. The Balaban J connectivity index is 1.61. The lowest BCUT2D eigenvalue weighted by molar-refractivity contribution is -0.384. The van der Waals surface area contributed by atoms with Gasteiger partial charge in [-0.15, -0.1) is 0 Å². The molecular weight excluding hydrogens is 257 g/mol. The first-order valence-electron chi connectivity index (χ1n) is 6.38. The minimum absolute atomic E-state index is 0.110. The van der Waals surface area contributed by atoms with Crippen LogP contribution in [0.2, 0.25) is 6.32 Å². The quantitative estimate of drug-likeness (QED) is 0.486. The molecule has 0 spiro atoms. The molecule has 0 aliphatic carbocycles. The monoisotopic (exact) mass is 269 g/mol. The fraction of sp³-hybridized carbons (Fsp3) is 0.143. The number of aryl methyl sites for hydroxylation is 1. The number of para-hydroxylation sites is 2. The highest BCUT2D eigenvalue weighted by Gasteiger charge is 2.30. The van der Waals surface area contributed by atoms with Crippen LogP contribution in [0.3, 0.4) is 0 Å². The molecule has 0 radical (unpaired) electrons. The number of hydrogen-bond acceptors (Lipinski definition) is 4. The minimum Gasteiger partial charge on any atom is -0.523 e. The van der Waals surface area contributed by atoms with Gasteiger partial charge in [0.05, 0.1) is 4.92 Å². The van der Waals surface area contributed by atoms with Crippen molar-refractivity contribution in [2.75, 3.05) is 0 Å². The van der Waals surface area contributed by atoms with E-state index < -0.39 is 0 Å². The van der Waals surface area contributed by atoms with Crippen LogP contribution < -0.4 is 9.31 Å². The van der Waals surface area contributed by atoms with Crippen molar-refractivity contribution >= 4 is 12.8 Å². The van der Waals surface area contributed by atoms with Gasteiger partial charge in [-0.2, -0.15) is 0 Å². The summed E-state index contributed by atoms with van der Waals surface area (Å²) in [6.45, 7) is 0. The zero-order valence-corrected chi connectivity index (χ0v) is 10.7. The fourth-order valence-electron chi connectivity index (χ4n) is 2.18. The van der Waals surface area contributed by atoms with Crippen molar-refractivity contribution in [2.24, 2.45) is 0 Å². The van der Waals surface area contributed by atoms with Gasteiger partial charge in [-0.05, 0) is 24.1 Å². The maximum Gasteiger partial charge on any atom is 0.595 e. The molecule has 0 saturated carbocycles. The Morgan fingerprint density at radius 2 is 1.75 bits per heavy atom. The van der Waals surface area contributed by atoms with Crippen molar-refractivity contribution in [1.82, 2.24) is 0 Å². The first-order valence-corrected chi connectivity index (χ1v) is 6.38. The van der Waals surface area contributed by atoms with Crippen LogP contribution >= 0.6 is 0 Å². The van der Waals surface area contributed by atoms with Crippen molar-refractivity contribution in [2.45, 2.75) is 12.7 Å². The molecule has 0 bridgehead atoms. The molecular formula is C14H12BNO4. The first-order chi connectivity index (χ1) is 9.72. The number of benzene rings is 2. The third-order valence-corrected chi connectivity index (χ3v) is 3.16. The molecule has 100 valence electrons. The van der Waals surface area contributed by atoms with Crippen molar-refractivity contribution in [3.8, 4) is 11.5 Å². The molecule has 6 heteroatoms. The molecule has 2 aromatic carbocycles. The predicted molar refractivity (Wildman–Crippen MR) is 75.1 cm³/mol. The average Bonchev–Trinajstić information content (AvgIpc) is 2.88. The number of fused-ring (bicyclic) bond motifs is 1. The molecule has 20 heavy (non-hydrogen) atoms. The summed E-state index contributed by atoms with van der Waals surface area (Å²) in [6, 6.07) is 14.2. The summed E-state index contributed by atoms with van der Waals surface area (Å²) in [7, 11) is -0.327. The first kappa shape index (κ1) is 12.5. The van der Waals surface area contributed by atoms with Gasteiger partial charge in [0.2, 0.25) is 0 Å². The highest BCUT2D eigenvalue weighted by molar-refractivity contribution is 6.47. The number of hydrogen-bond donors (Lipinski definition) is 0. The summed E-state index contributed by atoms with van der Waals surface area (Å²) in [5, 5.41) is 10.7. The molecule has 0 fully saturated rings. The van der Waals surface area contributed by atoms with Gasteiger partial charge < -0.3 is 9.31 Å². The number of nitro groups is 1. The van der Waals surface area contributed by atoms with Gasteiger partial charge in [0.25, 0.3) is 5.69 Å². The van der Waals surface area contributed by atoms with E-state index in [0.29, 0.717) is 12.7 Å². The summed E-state index contributed by atoms with van der Waals surface area (Å²) in [5.41, 5.74) is 1.02. The smallest absolute Gasteiger partial charge is 0.523 e. The summed E-state index contributed by atoms with van der Waals surface area (Å²) >= 11 is 0. The molecule has 0 amide bonds. The van der Waals surface area contributed by atoms with E-state index >= 15 is 0 Å². The highest BCUT2D eigenvalue weighted by atomic mass is 16.6. The van der Waals surface area contributed by atoms with E-state index in [4.69, 9.17) is 9.31 Å². The Morgan fingerprint density at radius 1 is 1.05 bits per heavy atom. The molecule has 0 N–H and O–H groups in total. The third-order valence-electron chi connectivity index (χ3n) is 3.16. The van der Waals surface area contributed by atoms with Gasteiger partial charge in [-0.25, -0.2) is 0 Å². The van der Waals surface area contributed by atoms with Gasteiger partial charge in [0, 0.05) is 18.5 Å². The van der Waals surface area contributed by atoms with Gasteiger partial charge in [0.1, 0.15) is 11.5 Å². The lowest BCUT2D eigenvalue weighted by Crippen LogP contribution is -2.24. The van der Waals surface area contributed by atoms with Crippen molar-refractivity contribution in [3.63, 3.8) is 0 Å². The molecule has 0 saturated heterocycles. The van der Waals surface area contributed by atoms with E-state index in [1.165, 1.54) is 6.07 Å². The lowest BCUT2D eigenvalue weighted by Gasteiger charge is -2.04. The molecule has 0 unspecified atom stereocenters. The van der Waals surface area contributed by atoms with Crippen LogP contribution in [0, 0.1) is 10.1 Å². The van der Waals surface area contributed by atoms with Crippen LogP contribution in [0.4, 0.5) is 5.69 Å². The van der Waals surface area contributed by atoms with Crippen molar-refractivity contribution in [3.05, 3.63) is 64.2 Å². The second-order valence-corrected chi connectivity index (χ2v) is 4.58. The van der Waals surface area contributed by atoms with Crippen molar-refractivity contribution in [1.29, 1.82) is 0 Å². The van der Waals surface area contributed by atoms with Crippen LogP contribution in [0.5, 0.6) is 11.5 Å². The average molecular weight is 269 g/mol. The van der Waals surface area contributed by atoms with E-state index in [2.05, 4.69) is 0 Å². The second-order valence-electron chi connectivity index (χ2n) is 4.58. The molecule has 1 aliphatic heterocycles. The molecule has 1 heterocycles.